The molecule has 1 heterocycles. The Morgan fingerprint density at radius 1 is 1.07 bits per heavy atom. The van der Waals surface area contributed by atoms with Crippen LogP contribution in [0, 0.1) is 0 Å². The van der Waals surface area contributed by atoms with E-state index in [2.05, 4.69) is 15.2 Å². The summed E-state index contributed by atoms with van der Waals surface area (Å²) in [7, 11) is -3.64. The second-order valence-corrected chi connectivity index (χ2v) is 8.45. The minimum absolute atomic E-state index is 0.0884. The molecule has 2 N–H and O–H groups in total. The van der Waals surface area contributed by atoms with Crippen LogP contribution in [0.3, 0.4) is 0 Å². The van der Waals surface area contributed by atoms with Crippen molar-refractivity contribution in [3.05, 3.63) is 82.2 Å². The summed E-state index contributed by atoms with van der Waals surface area (Å²) >= 11 is 11.9. The van der Waals surface area contributed by atoms with Gasteiger partial charge in [0.1, 0.15) is 5.76 Å². The number of benzene rings is 2. The average Bonchev–Trinajstić information content (AvgIpc) is 3.21. The summed E-state index contributed by atoms with van der Waals surface area (Å²) in [6, 6.07) is 14.9. The van der Waals surface area contributed by atoms with E-state index in [-0.39, 0.29) is 11.4 Å². The van der Waals surface area contributed by atoms with E-state index in [0.717, 1.165) is 5.56 Å². The number of rotatable bonds is 7. The second kappa shape index (κ2) is 8.79. The van der Waals surface area contributed by atoms with Gasteiger partial charge in [-0.1, -0.05) is 35.3 Å². The molecule has 0 spiro atoms. The van der Waals surface area contributed by atoms with Crippen molar-refractivity contribution in [2.24, 2.45) is 5.10 Å². The van der Waals surface area contributed by atoms with Crippen LogP contribution in [-0.2, 0) is 16.6 Å². The van der Waals surface area contributed by atoms with Crippen molar-refractivity contribution in [1.82, 2.24) is 4.72 Å². The van der Waals surface area contributed by atoms with Crippen LogP contribution in [0.15, 0.2) is 75.3 Å². The molecule has 6 nitrogen and oxygen atoms in total. The number of furan rings is 1. The van der Waals surface area contributed by atoms with Gasteiger partial charge in [0.15, 0.2) is 0 Å². The zero-order chi connectivity index (χ0) is 20.1. The van der Waals surface area contributed by atoms with E-state index < -0.39 is 10.0 Å². The lowest BCUT2D eigenvalue weighted by Crippen LogP contribution is -2.23. The Morgan fingerprint density at radius 3 is 2.46 bits per heavy atom. The third-order valence-corrected chi connectivity index (χ3v) is 6.03. The number of hydrogen-bond acceptors (Lipinski definition) is 5. The molecule has 0 atom stereocenters. The first-order valence-corrected chi connectivity index (χ1v) is 10.5. The van der Waals surface area contributed by atoms with Crippen LogP contribution in [0.5, 0.6) is 0 Å². The molecule has 0 aliphatic rings. The number of nitrogens with zero attached hydrogens (tertiary/aromatic N) is 1. The zero-order valence-corrected chi connectivity index (χ0v) is 17.1. The van der Waals surface area contributed by atoms with Crippen molar-refractivity contribution >= 4 is 44.6 Å². The number of halogens is 2. The van der Waals surface area contributed by atoms with E-state index in [1.54, 1.807) is 42.5 Å². The third kappa shape index (κ3) is 5.14. The molecule has 0 saturated carbocycles. The summed E-state index contributed by atoms with van der Waals surface area (Å²) < 4.78 is 32.3. The monoisotopic (exact) mass is 437 g/mol. The Bertz CT molecular complexity index is 1080. The average molecular weight is 438 g/mol. The Labute approximate surface area is 173 Å². The highest BCUT2D eigenvalue weighted by Gasteiger charge is 2.14. The Hall–Kier alpha value is -2.32. The van der Waals surface area contributed by atoms with Gasteiger partial charge in [0.2, 0.25) is 10.0 Å². The fourth-order valence-electron chi connectivity index (χ4n) is 2.32. The molecule has 0 fully saturated rings. The van der Waals surface area contributed by atoms with Crippen molar-refractivity contribution in [3.8, 4) is 0 Å². The smallest absolute Gasteiger partial charge is 0.240 e. The predicted octanol–water partition coefficient (Wildman–Crippen LogP) is 4.90. The van der Waals surface area contributed by atoms with E-state index in [0.29, 0.717) is 27.2 Å². The van der Waals surface area contributed by atoms with Crippen molar-refractivity contribution in [3.63, 3.8) is 0 Å². The minimum Gasteiger partial charge on any atom is -0.468 e. The summed E-state index contributed by atoms with van der Waals surface area (Å²) in [5.41, 5.74) is 5.04. The van der Waals surface area contributed by atoms with Gasteiger partial charge in [-0.3, -0.25) is 5.43 Å². The van der Waals surface area contributed by atoms with Gasteiger partial charge in [0, 0.05) is 0 Å². The molecule has 9 heteroatoms. The normalized spacial score (nSPS) is 12.2. The van der Waals surface area contributed by atoms with Crippen LogP contribution in [0.4, 0.5) is 5.69 Å². The zero-order valence-electron chi connectivity index (χ0n) is 14.8. The van der Waals surface area contributed by atoms with Crippen LogP contribution in [0.25, 0.3) is 0 Å². The van der Waals surface area contributed by atoms with Crippen molar-refractivity contribution in [2.75, 3.05) is 5.43 Å². The molecule has 0 bridgehead atoms. The van der Waals surface area contributed by atoms with E-state index in [1.807, 2.05) is 6.92 Å². The number of hydrazone groups is 1. The number of nitrogens with one attached hydrogen (secondary N) is 2. The fraction of sp³-hybridized carbons (Fsp3) is 0.105. The lowest BCUT2D eigenvalue weighted by Gasteiger charge is -2.08. The molecule has 146 valence electrons. The lowest BCUT2D eigenvalue weighted by atomic mass is 10.1. The lowest BCUT2D eigenvalue weighted by molar-refractivity contribution is 0.498. The maximum absolute atomic E-state index is 12.4. The molecule has 0 radical (unpaired) electrons. The summed E-state index contributed by atoms with van der Waals surface area (Å²) in [5, 5.41) is 5.18. The van der Waals surface area contributed by atoms with Gasteiger partial charge in [0.25, 0.3) is 0 Å². The van der Waals surface area contributed by atoms with E-state index in [4.69, 9.17) is 27.6 Å². The van der Waals surface area contributed by atoms with Gasteiger partial charge in [0.05, 0.1) is 39.1 Å². The first kappa shape index (κ1) is 20.4. The first-order chi connectivity index (χ1) is 13.3. The van der Waals surface area contributed by atoms with E-state index >= 15 is 0 Å². The molecule has 0 saturated heterocycles. The fourth-order valence-corrected chi connectivity index (χ4v) is 3.61. The molecule has 3 aromatic rings. The van der Waals surface area contributed by atoms with Gasteiger partial charge in [-0.25, -0.2) is 13.1 Å². The second-order valence-electron chi connectivity index (χ2n) is 5.87. The number of sulfonamides is 1. The molecule has 0 amide bonds. The topological polar surface area (TPSA) is 83.7 Å². The highest BCUT2D eigenvalue weighted by molar-refractivity contribution is 7.89. The van der Waals surface area contributed by atoms with Gasteiger partial charge < -0.3 is 4.42 Å². The van der Waals surface area contributed by atoms with Gasteiger partial charge in [-0.15, -0.1) is 0 Å². The molecular formula is C19H17Cl2N3O3S. The number of hydrogen-bond donors (Lipinski definition) is 2. The summed E-state index contributed by atoms with van der Waals surface area (Å²) in [6.07, 6.45) is 1.49. The maximum atomic E-state index is 12.4. The SMILES string of the molecule is C/C(=N/Nc1ccc(Cl)c(Cl)c1)c1ccc(S(=O)(=O)NCc2ccco2)cc1. The van der Waals surface area contributed by atoms with Crippen LogP contribution >= 0.6 is 23.2 Å². The number of anilines is 1. The summed E-state index contributed by atoms with van der Waals surface area (Å²) in [6.45, 7) is 1.90. The molecule has 0 unspecified atom stereocenters. The van der Waals surface area contributed by atoms with Gasteiger partial charge in [-0.05, 0) is 55.0 Å². The molecule has 28 heavy (non-hydrogen) atoms. The molecule has 2 aromatic carbocycles. The molecule has 1 aromatic heterocycles. The third-order valence-electron chi connectivity index (χ3n) is 3.87. The summed E-state index contributed by atoms with van der Waals surface area (Å²) in [4.78, 5) is 0.160. The highest BCUT2D eigenvalue weighted by Crippen LogP contribution is 2.25. The standard InChI is InChI=1S/C19H17Cl2N3O3S/c1-13(23-24-15-6-9-18(20)19(21)11-15)14-4-7-17(8-5-14)28(25,26)22-12-16-3-2-10-27-16/h2-11,22,24H,12H2,1H3/b23-13-. The quantitative estimate of drug-likeness (QED) is 0.406. The van der Waals surface area contributed by atoms with Crippen molar-refractivity contribution < 1.29 is 12.8 Å². The van der Waals surface area contributed by atoms with Crippen LogP contribution in [-0.4, -0.2) is 14.1 Å². The highest BCUT2D eigenvalue weighted by atomic mass is 35.5. The molecule has 3 rings (SSSR count). The van der Waals surface area contributed by atoms with Gasteiger partial charge >= 0.3 is 0 Å². The Morgan fingerprint density at radius 2 is 1.82 bits per heavy atom. The predicted molar refractivity (Wildman–Crippen MR) is 111 cm³/mol. The van der Waals surface area contributed by atoms with Crippen LogP contribution in [0.1, 0.15) is 18.2 Å². The van der Waals surface area contributed by atoms with Crippen LogP contribution < -0.4 is 10.1 Å². The molecular weight excluding hydrogens is 421 g/mol. The van der Waals surface area contributed by atoms with Crippen LogP contribution in [0.2, 0.25) is 10.0 Å². The Kier molecular flexibility index (Phi) is 6.41. The minimum atomic E-state index is -3.64. The van der Waals surface area contributed by atoms with E-state index in [1.165, 1.54) is 18.4 Å². The van der Waals surface area contributed by atoms with Gasteiger partial charge in [-0.2, -0.15) is 5.10 Å². The maximum Gasteiger partial charge on any atom is 0.240 e. The Balaban J connectivity index is 1.67. The van der Waals surface area contributed by atoms with Crippen molar-refractivity contribution in [2.45, 2.75) is 18.4 Å². The largest absolute Gasteiger partial charge is 0.468 e. The summed E-state index contributed by atoms with van der Waals surface area (Å²) in [5.74, 6) is 0.538. The molecule has 0 aliphatic carbocycles. The first-order valence-electron chi connectivity index (χ1n) is 8.23. The molecule has 0 aliphatic heterocycles. The van der Waals surface area contributed by atoms with E-state index in [9.17, 15) is 8.42 Å². The van der Waals surface area contributed by atoms with Crippen molar-refractivity contribution in [1.29, 1.82) is 0 Å².